The molecular weight excluding hydrogens is 166 g/mol. The van der Waals surface area contributed by atoms with E-state index in [2.05, 4.69) is 25.6 Å². The number of hydrogen-bond donors (Lipinski definition) is 2. The average molecular weight is 181 g/mol. The first kappa shape index (κ1) is 8.65. The van der Waals surface area contributed by atoms with Crippen molar-refractivity contribution in [2.75, 3.05) is 13.1 Å². The summed E-state index contributed by atoms with van der Waals surface area (Å²) in [5.41, 5.74) is 3.32. The summed E-state index contributed by atoms with van der Waals surface area (Å²) in [7, 11) is 0. The first-order valence-corrected chi connectivity index (χ1v) is 4.71. The lowest BCUT2D eigenvalue weighted by Crippen LogP contribution is -2.42. The molecule has 1 aliphatic heterocycles. The number of hydrogen-bond acceptors (Lipinski definition) is 4. The van der Waals surface area contributed by atoms with Gasteiger partial charge in [0.05, 0.1) is 6.54 Å². The summed E-state index contributed by atoms with van der Waals surface area (Å²) in [5, 5.41) is 9.11. The zero-order valence-corrected chi connectivity index (χ0v) is 7.88. The lowest BCUT2D eigenvalue weighted by molar-refractivity contribution is 0.140. The van der Waals surface area contributed by atoms with Crippen LogP contribution in [-0.4, -0.2) is 33.3 Å². The number of nitrogens with zero attached hydrogens (tertiary/aromatic N) is 3. The molecule has 0 aliphatic carbocycles. The van der Waals surface area contributed by atoms with Crippen molar-refractivity contribution in [3.8, 4) is 0 Å². The first-order chi connectivity index (χ1) is 6.34. The summed E-state index contributed by atoms with van der Waals surface area (Å²) in [5.74, 6) is 1.75. The molecule has 13 heavy (non-hydrogen) atoms. The van der Waals surface area contributed by atoms with Crippen LogP contribution in [0, 0.1) is 6.92 Å². The van der Waals surface area contributed by atoms with Gasteiger partial charge in [0.2, 0.25) is 0 Å². The predicted molar refractivity (Wildman–Crippen MR) is 48.8 cm³/mol. The lowest BCUT2D eigenvalue weighted by Gasteiger charge is -2.26. The highest BCUT2D eigenvalue weighted by Gasteiger charge is 2.11. The topological polar surface area (TPSA) is 56.8 Å². The fourth-order valence-corrected chi connectivity index (χ4v) is 1.51. The number of aromatic nitrogens is 3. The second kappa shape index (κ2) is 3.85. The third-order valence-corrected chi connectivity index (χ3v) is 2.17. The summed E-state index contributed by atoms with van der Waals surface area (Å²) < 4.78 is 0. The van der Waals surface area contributed by atoms with Gasteiger partial charge in [-0.3, -0.25) is 10.5 Å². The zero-order chi connectivity index (χ0) is 9.10. The van der Waals surface area contributed by atoms with Gasteiger partial charge in [-0.2, -0.15) is 5.10 Å². The molecule has 1 saturated heterocycles. The molecule has 2 N–H and O–H groups in total. The maximum Gasteiger partial charge on any atom is 0.166 e. The van der Waals surface area contributed by atoms with E-state index in [-0.39, 0.29) is 0 Å². The largest absolute Gasteiger partial charge is 0.263 e. The van der Waals surface area contributed by atoms with Gasteiger partial charge in [0, 0.05) is 13.1 Å². The van der Waals surface area contributed by atoms with Crippen LogP contribution in [0.2, 0.25) is 0 Å². The third kappa shape index (κ3) is 2.26. The minimum Gasteiger partial charge on any atom is -0.263 e. The molecule has 2 heterocycles. The molecule has 0 atom stereocenters. The zero-order valence-electron chi connectivity index (χ0n) is 7.88. The highest BCUT2D eigenvalue weighted by atomic mass is 15.5. The Bertz CT molecular complexity index is 263. The second-order valence-corrected chi connectivity index (χ2v) is 3.37. The van der Waals surface area contributed by atoms with Gasteiger partial charge < -0.3 is 0 Å². The normalized spacial score (nSPS) is 19.2. The molecule has 5 nitrogen and oxygen atoms in total. The molecule has 1 aromatic heterocycles. The molecule has 0 radical (unpaired) electrons. The molecule has 0 amide bonds. The van der Waals surface area contributed by atoms with Crippen molar-refractivity contribution in [2.24, 2.45) is 0 Å². The van der Waals surface area contributed by atoms with Crippen molar-refractivity contribution in [3.63, 3.8) is 0 Å². The number of H-pyrrole nitrogens is 1. The van der Waals surface area contributed by atoms with Crippen molar-refractivity contribution in [2.45, 2.75) is 26.3 Å². The molecule has 1 fully saturated rings. The Labute approximate surface area is 77.5 Å². The second-order valence-electron chi connectivity index (χ2n) is 3.37. The number of aromatic amines is 1. The highest BCUT2D eigenvalue weighted by molar-refractivity contribution is 4.87. The van der Waals surface area contributed by atoms with Crippen molar-refractivity contribution >= 4 is 0 Å². The number of rotatable bonds is 2. The van der Waals surface area contributed by atoms with E-state index in [1.807, 2.05) is 6.92 Å². The van der Waals surface area contributed by atoms with Gasteiger partial charge >= 0.3 is 0 Å². The molecule has 1 aromatic rings. The summed E-state index contributed by atoms with van der Waals surface area (Å²) in [6.07, 6.45) is 2.53. The average Bonchev–Trinajstić information content (AvgIpc) is 2.53. The number of nitrogens with one attached hydrogen (secondary N) is 2. The van der Waals surface area contributed by atoms with Crippen LogP contribution in [-0.2, 0) is 6.54 Å². The third-order valence-electron chi connectivity index (χ3n) is 2.17. The standard InChI is InChI=1S/C8H15N5/c1-7-10-8(12-11-7)6-13-5-3-2-4-9-13/h9H,2-6H2,1H3,(H,10,11,12). The number of aryl methyl sites for hydroxylation is 1. The van der Waals surface area contributed by atoms with Crippen molar-refractivity contribution in [3.05, 3.63) is 11.6 Å². The van der Waals surface area contributed by atoms with Crippen LogP contribution in [0.25, 0.3) is 0 Å². The smallest absolute Gasteiger partial charge is 0.166 e. The van der Waals surface area contributed by atoms with E-state index < -0.39 is 0 Å². The highest BCUT2D eigenvalue weighted by Crippen LogP contribution is 2.03. The van der Waals surface area contributed by atoms with Crippen molar-refractivity contribution in [1.82, 2.24) is 25.6 Å². The molecule has 0 bridgehead atoms. The molecule has 0 spiro atoms. The SMILES string of the molecule is Cc1nc(CN2CCCCN2)n[nH]1. The van der Waals surface area contributed by atoms with Crippen LogP contribution in [0.15, 0.2) is 0 Å². The Hall–Kier alpha value is -0.940. The van der Waals surface area contributed by atoms with E-state index in [9.17, 15) is 0 Å². The molecule has 0 saturated carbocycles. The first-order valence-electron chi connectivity index (χ1n) is 4.71. The van der Waals surface area contributed by atoms with Crippen molar-refractivity contribution in [1.29, 1.82) is 0 Å². The predicted octanol–water partition coefficient (Wildman–Crippen LogP) is 0.214. The maximum absolute atomic E-state index is 4.26. The number of hydrazine groups is 1. The molecule has 1 aliphatic rings. The maximum atomic E-state index is 4.26. The van der Waals surface area contributed by atoms with Gasteiger partial charge in [-0.05, 0) is 19.8 Å². The van der Waals surface area contributed by atoms with E-state index in [0.717, 1.165) is 31.3 Å². The molecular formula is C8H15N5. The van der Waals surface area contributed by atoms with Crippen LogP contribution >= 0.6 is 0 Å². The Morgan fingerprint density at radius 3 is 3.00 bits per heavy atom. The Morgan fingerprint density at radius 2 is 2.38 bits per heavy atom. The van der Waals surface area contributed by atoms with Crippen LogP contribution < -0.4 is 5.43 Å². The Balaban J connectivity index is 1.89. The molecule has 2 rings (SSSR count). The minimum absolute atomic E-state index is 0.796. The van der Waals surface area contributed by atoms with Gasteiger partial charge in [-0.25, -0.2) is 9.99 Å². The molecule has 5 heteroatoms. The van der Waals surface area contributed by atoms with E-state index in [4.69, 9.17) is 0 Å². The summed E-state index contributed by atoms with van der Waals surface area (Å²) in [4.78, 5) is 4.26. The van der Waals surface area contributed by atoms with Crippen LogP contribution in [0.1, 0.15) is 24.5 Å². The van der Waals surface area contributed by atoms with Crippen molar-refractivity contribution < 1.29 is 0 Å². The monoisotopic (exact) mass is 181 g/mol. The summed E-state index contributed by atoms with van der Waals surface area (Å²) in [6.45, 7) is 4.88. The van der Waals surface area contributed by atoms with Gasteiger partial charge in [-0.15, -0.1) is 0 Å². The fourth-order valence-electron chi connectivity index (χ4n) is 1.51. The van der Waals surface area contributed by atoms with Gasteiger partial charge in [0.1, 0.15) is 5.82 Å². The quantitative estimate of drug-likeness (QED) is 0.685. The Kier molecular flexibility index (Phi) is 2.56. The minimum atomic E-state index is 0.796. The van der Waals surface area contributed by atoms with Crippen LogP contribution in [0.3, 0.4) is 0 Å². The Morgan fingerprint density at radius 1 is 1.46 bits per heavy atom. The van der Waals surface area contributed by atoms with E-state index in [0.29, 0.717) is 0 Å². The lowest BCUT2D eigenvalue weighted by atomic mass is 10.2. The van der Waals surface area contributed by atoms with Gasteiger partial charge in [-0.1, -0.05) is 0 Å². The van der Waals surface area contributed by atoms with Gasteiger partial charge in [0.15, 0.2) is 5.82 Å². The van der Waals surface area contributed by atoms with E-state index in [1.165, 1.54) is 12.8 Å². The van der Waals surface area contributed by atoms with Crippen LogP contribution in [0.4, 0.5) is 0 Å². The fraction of sp³-hybridized carbons (Fsp3) is 0.750. The molecule has 0 aromatic carbocycles. The van der Waals surface area contributed by atoms with E-state index >= 15 is 0 Å². The summed E-state index contributed by atoms with van der Waals surface area (Å²) >= 11 is 0. The van der Waals surface area contributed by atoms with Crippen LogP contribution in [0.5, 0.6) is 0 Å². The van der Waals surface area contributed by atoms with E-state index in [1.54, 1.807) is 0 Å². The molecule has 0 unspecified atom stereocenters. The summed E-state index contributed by atoms with van der Waals surface area (Å²) in [6, 6.07) is 0. The van der Waals surface area contributed by atoms with Gasteiger partial charge in [0.25, 0.3) is 0 Å². The molecule has 72 valence electrons.